The molecule has 2 amide bonds. The Morgan fingerprint density at radius 2 is 1.80 bits per heavy atom. The van der Waals surface area contributed by atoms with Crippen molar-refractivity contribution in [3.63, 3.8) is 0 Å². The van der Waals surface area contributed by atoms with E-state index in [0.717, 1.165) is 28.5 Å². The third-order valence-corrected chi connectivity index (χ3v) is 7.64. The van der Waals surface area contributed by atoms with E-state index in [2.05, 4.69) is 5.32 Å². The molecule has 1 aliphatic rings. The molecule has 2 aromatic rings. The quantitative estimate of drug-likeness (QED) is 0.281. The average Bonchev–Trinajstić information content (AvgIpc) is 3.17. The molecule has 9 nitrogen and oxygen atoms in total. The molecule has 1 aliphatic heterocycles. The van der Waals surface area contributed by atoms with Crippen molar-refractivity contribution in [3.05, 3.63) is 65.2 Å². The van der Waals surface area contributed by atoms with Crippen LogP contribution in [0.25, 0.3) is 0 Å². The molecular weight excluding hydrogens is 493 g/mol. The van der Waals surface area contributed by atoms with Gasteiger partial charge >= 0.3 is 7.82 Å². The predicted octanol–water partition coefficient (Wildman–Crippen LogP) is 5.18. The van der Waals surface area contributed by atoms with Crippen molar-refractivity contribution >= 4 is 30.7 Å². The average molecular weight is 524 g/mol. The molecule has 0 radical (unpaired) electrons. The fourth-order valence-corrected chi connectivity index (χ4v) is 5.07. The molecule has 0 aliphatic carbocycles. The van der Waals surface area contributed by atoms with Gasteiger partial charge in [-0.25, -0.2) is 4.57 Å². The molecule has 11 heteroatoms. The Morgan fingerprint density at radius 3 is 2.37 bits per heavy atom. The first kappa shape index (κ1) is 27.4. The molecular formula is C24H30NO8PS. The van der Waals surface area contributed by atoms with Gasteiger partial charge in [-0.3, -0.25) is 28.5 Å². The van der Waals surface area contributed by atoms with Crippen molar-refractivity contribution in [1.29, 1.82) is 0 Å². The minimum atomic E-state index is -3.73. The largest absolute Gasteiger partial charge is 0.491 e. The molecule has 190 valence electrons. The summed E-state index contributed by atoms with van der Waals surface area (Å²) in [6, 6.07) is 15.2. The first-order chi connectivity index (χ1) is 16.7. The summed E-state index contributed by atoms with van der Waals surface area (Å²) in [6.07, 6.45) is -0.518. The monoisotopic (exact) mass is 523 g/mol. The molecule has 1 N–H and O–H groups in total. The predicted molar refractivity (Wildman–Crippen MR) is 132 cm³/mol. The Morgan fingerprint density at radius 1 is 1.09 bits per heavy atom. The first-order valence-corrected chi connectivity index (χ1v) is 13.4. The number of amides is 2. The van der Waals surface area contributed by atoms with Crippen LogP contribution in [0.5, 0.6) is 5.75 Å². The van der Waals surface area contributed by atoms with E-state index in [4.69, 9.17) is 23.0 Å². The van der Waals surface area contributed by atoms with Gasteiger partial charge in [0.25, 0.3) is 5.24 Å². The van der Waals surface area contributed by atoms with Gasteiger partial charge in [0.05, 0.1) is 5.25 Å². The van der Waals surface area contributed by atoms with Crippen LogP contribution < -0.4 is 10.1 Å². The molecule has 3 rings (SSSR count). The van der Waals surface area contributed by atoms with E-state index in [0.29, 0.717) is 18.6 Å². The third kappa shape index (κ3) is 7.90. The van der Waals surface area contributed by atoms with E-state index in [1.807, 2.05) is 50.2 Å². The van der Waals surface area contributed by atoms with Crippen molar-refractivity contribution in [1.82, 2.24) is 5.32 Å². The molecule has 1 fully saturated rings. The SMILES string of the molecule is CCC(OC(COc1ccc(CC2SC(=O)NC2=O)cc1)c1cccc(C)c1)OP(=O)(OC)OC. The molecule has 2 aromatic carbocycles. The number of aryl methyl sites for hydroxylation is 1. The normalized spacial score (nSPS) is 17.8. The second-order valence-corrected chi connectivity index (χ2v) is 10.8. The van der Waals surface area contributed by atoms with Crippen LogP contribution in [0.2, 0.25) is 0 Å². The maximum Gasteiger partial charge on any atom is 0.476 e. The lowest BCUT2D eigenvalue weighted by Crippen LogP contribution is -2.25. The van der Waals surface area contributed by atoms with Gasteiger partial charge < -0.3 is 9.47 Å². The van der Waals surface area contributed by atoms with Gasteiger partial charge in [0, 0.05) is 14.2 Å². The highest BCUT2D eigenvalue weighted by Gasteiger charge is 2.32. The summed E-state index contributed by atoms with van der Waals surface area (Å²) in [5.41, 5.74) is 2.85. The highest BCUT2D eigenvalue weighted by atomic mass is 32.2. The Bertz CT molecular complexity index is 1060. The summed E-state index contributed by atoms with van der Waals surface area (Å²) in [6.45, 7) is 3.99. The molecule has 0 aromatic heterocycles. The zero-order valence-electron chi connectivity index (χ0n) is 20.1. The van der Waals surface area contributed by atoms with Gasteiger partial charge in [-0.05, 0) is 43.0 Å². The first-order valence-electron chi connectivity index (χ1n) is 11.1. The zero-order chi connectivity index (χ0) is 25.4. The second-order valence-electron chi connectivity index (χ2n) is 7.84. The number of hydrogen-bond acceptors (Lipinski definition) is 9. The lowest BCUT2D eigenvalue weighted by Gasteiger charge is -2.26. The van der Waals surface area contributed by atoms with Crippen LogP contribution in [-0.4, -0.2) is 43.5 Å². The fourth-order valence-electron chi connectivity index (χ4n) is 3.40. The number of ether oxygens (including phenoxy) is 2. The maximum atomic E-state index is 12.4. The van der Waals surface area contributed by atoms with E-state index < -0.39 is 25.5 Å². The molecule has 3 atom stereocenters. The van der Waals surface area contributed by atoms with E-state index in [9.17, 15) is 14.2 Å². The number of carbonyl (C=O) groups excluding carboxylic acids is 2. The van der Waals surface area contributed by atoms with Crippen molar-refractivity contribution in [2.24, 2.45) is 0 Å². The smallest absolute Gasteiger partial charge is 0.476 e. The van der Waals surface area contributed by atoms with Gasteiger partial charge in [0.1, 0.15) is 18.5 Å². The number of phosphoric acid groups is 1. The van der Waals surface area contributed by atoms with Crippen molar-refractivity contribution < 1.29 is 37.2 Å². The summed E-state index contributed by atoms with van der Waals surface area (Å²) in [5, 5.41) is 1.56. The summed E-state index contributed by atoms with van der Waals surface area (Å²) >= 11 is 1.00. The fraction of sp³-hybridized carbons (Fsp3) is 0.417. The number of rotatable bonds is 13. The van der Waals surface area contributed by atoms with E-state index in [1.54, 1.807) is 12.1 Å². The lowest BCUT2D eigenvalue weighted by atomic mass is 10.1. The van der Waals surface area contributed by atoms with E-state index in [1.165, 1.54) is 14.2 Å². The number of thioether (sulfide) groups is 1. The summed E-state index contributed by atoms with van der Waals surface area (Å²) in [7, 11) is -1.24. The van der Waals surface area contributed by atoms with E-state index in [-0.39, 0.29) is 17.8 Å². The Hall–Kier alpha value is -2.20. The van der Waals surface area contributed by atoms with Crippen LogP contribution >= 0.6 is 19.6 Å². The number of nitrogens with one attached hydrogen (secondary N) is 1. The molecule has 0 bridgehead atoms. The van der Waals surface area contributed by atoms with Crippen molar-refractivity contribution in [3.8, 4) is 5.75 Å². The number of benzene rings is 2. The minimum Gasteiger partial charge on any atom is -0.491 e. The van der Waals surface area contributed by atoms with Gasteiger partial charge in [-0.15, -0.1) is 0 Å². The lowest BCUT2D eigenvalue weighted by molar-refractivity contribution is -0.142. The van der Waals surface area contributed by atoms with E-state index >= 15 is 0 Å². The molecule has 0 spiro atoms. The van der Waals surface area contributed by atoms with Gasteiger partial charge in [-0.2, -0.15) is 0 Å². The molecule has 35 heavy (non-hydrogen) atoms. The molecule has 0 saturated carbocycles. The Balaban J connectivity index is 1.68. The summed E-state index contributed by atoms with van der Waals surface area (Å²) in [5.74, 6) is 0.348. The second kappa shape index (κ2) is 12.7. The topological polar surface area (TPSA) is 109 Å². The van der Waals surface area contributed by atoms with Crippen molar-refractivity contribution in [2.75, 3.05) is 20.8 Å². The van der Waals surface area contributed by atoms with Crippen LogP contribution in [0.3, 0.4) is 0 Å². The van der Waals surface area contributed by atoms with Gasteiger partial charge in [0.2, 0.25) is 5.91 Å². The molecule has 1 saturated heterocycles. The molecule has 3 unspecified atom stereocenters. The van der Waals surface area contributed by atoms with Crippen LogP contribution in [0.4, 0.5) is 4.79 Å². The number of carbonyl (C=O) groups is 2. The van der Waals surface area contributed by atoms with Crippen molar-refractivity contribution in [2.45, 2.75) is 44.3 Å². The summed E-state index contributed by atoms with van der Waals surface area (Å²) < 4.78 is 39.8. The van der Waals surface area contributed by atoms with Crippen LogP contribution in [0.15, 0.2) is 48.5 Å². The third-order valence-electron chi connectivity index (χ3n) is 5.27. The highest BCUT2D eigenvalue weighted by molar-refractivity contribution is 8.15. The van der Waals surface area contributed by atoms with Crippen LogP contribution in [-0.2, 0) is 34.1 Å². The van der Waals surface area contributed by atoms with Gasteiger partial charge in [0.15, 0.2) is 6.29 Å². The maximum absolute atomic E-state index is 12.4. The highest BCUT2D eigenvalue weighted by Crippen LogP contribution is 2.49. The van der Waals surface area contributed by atoms with Gasteiger partial charge in [-0.1, -0.05) is 60.6 Å². The standard InChI is InChI=1S/C24H30NO8PS/c1-5-22(33-34(28,29-3)30-4)32-20(18-8-6-7-16(2)13-18)15-31-19-11-9-17(10-12-19)14-21-23(26)25-24(27)35-21/h6-13,20-22H,5,14-15H2,1-4H3,(H,25,26,27). The number of phosphoric ester groups is 1. The minimum absolute atomic E-state index is 0.169. The number of hydrogen-bond donors (Lipinski definition) is 1. The Labute approximate surface area is 209 Å². The zero-order valence-corrected chi connectivity index (χ0v) is 21.8. The van der Waals surface area contributed by atoms with Crippen LogP contribution in [0, 0.1) is 6.92 Å². The molecule has 1 heterocycles. The van der Waals surface area contributed by atoms with Crippen LogP contribution in [0.1, 0.15) is 36.1 Å². The number of imide groups is 1. The Kier molecular flexibility index (Phi) is 9.91. The summed E-state index contributed by atoms with van der Waals surface area (Å²) in [4.78, 5) is 23.2.